The van der Waals surface area contributed by atoms with Crippen molar-refractivity contribution in [2.45, 2.75) is 32.9 Å². The summed E-state index contributed by atoms with van der Waals surface area (Å²) in [5, 5.41) is 7.47. The molecule has 3 N–H and O–H groups in total. The molecule has 0 amide bonds. The molecule has 1 aliphatic heterocycles. The van der Waals surface area contributed by atoms with Gasteiger partial charge >= 0.3 is 0 Å². The standard InChI is InChI=1S/C15H23N3O/c1-11-8-12(14(16)17)4-5-13(11)9-18-6-7-19-10-15(18,2)3/h4-5,8H,6-7,9-10H2,1-3H3,(H3,16,17). The van der Waals surface area contributed by atoms with Crippen molar-refractivity contribution in [3.63, 3.8) is 0 Å². The lowest BCUT2D eigenvalue weighted by Crippen LogP contribution is -2.52. The van der Waals surface area contributed by atoms with Gasteiger partial charge in [-0.25, -0.2) is 0 Å². The van der Waals surface area contributed by atoms with Crippen LogP contribution in [-0.4, -0.2) is 36.0 Å². The van der Waals surface area contributed by atoms with Crippen LogP contribution >= 0.6 is 0 Å². The average molecular weight is 261 g/mol. The van der Waals surface area contributed by atoms with Gasteiger partial charge in [0.1, 0.15) is 5.84 Å². The number of rotatable bonds is 3. The van der Waals surface area contributed by atoms with Crippen molar-refractivity contribution in [1.29, 1.82) is 5.41 Å². The first-order valence-electron chi connectivity index (χ1n) is 6.67. The second-order valence-electron chi connectivity index (χ2n) is 5.84. The van der Waals surface area contributed by atoms with E-state index >= 15 is 0 Å². The first-order valence-corrected chi connectivity index (χ1v) is 6.67. The van der Waals surface area contributed by atoms with Crippen LogP contribution in [0.5, 0.6) is 0 Å². The van der Waals surface area contributed by atoms with Crippen LogP contribution in [0, 0.1) is 12.3 Å². The number of aryl methyl sites for hydroxylation is 1. The topological polar surface area (TPSA) is 62.3 Å². The van der Waals surface area contributed by atoms with E-state index in [9.17, 15) is 0 Å². The molecule has 0 bridgehead atoms. The molecule has 0 radical (unpaired) electrons. The fourth-order valence-corrected chi connectivity index (χ4v) is 2.43. The molecule has 0 saturated carbocycles. The fraction of sp³-hybridized carbons (Fsp3) is 0.533. The maximum absolute atomic E-state index is 7.47. The summed E-state index contributed by atoms with van der Waals surface area (Å²) in [4.78, 5) is 2.45. The highest BCUT2D eigenvalue weighted by atomic mass is 16.5. The minimum absolute atomic E-state index is 0.0734. The molecule has 1 aromatic rings. The second-order valence-corrected chi connectivity index (χ2v) is 5.84. The second kappa shape index (κ2) is 5.31. The maximum atomic E-state index is 7.47. The Balaban J connectivity index is 2.17. The Labute approximate surface area is 115 Å². The largest absolute Gasteiger partial charge is 0.384 e. The highest BCUT2D eigenvalue weighted by molar-refractivity contribution is 5.95. The molecule has 1 aliphatic rings. The van der Waals surface area contributed by atoms with Crippen LogP contribution in [-0.2, 0) is 11.3 Å². The third-order valence-corrected chi connectivity index (χ3v) is 3.83. The number of morpholine rings is 1. The van der Waals surface area contributed by atoms with Gasteiger partial charge in [-0.2, -0.15) is 0 Å². The molecule has 0 unspecified atom stereocenters. The molecule has 19 heavy (non-hydrogen) atoms. The van der Waals surface area contributed by atoms with E-state index in [4.69, 9.17) is 15.9 Å². The first kappa shape index (κ1) is 14.0. The molecule has 0 aromatic heterocycles. The van der Waals surface area contributed by atoms with E-state index in [1.54, 1.807) is 0 Å². The Morgan fingerprint density at radius 1 is 1.47 bits per heavy atom. The molecule has 4 nitrogen and oxygen atoms in total. The quantitative estimate of drug-likeness (QED) is 0.645. The molecule has 104 valence electrons. The van der Waals surface area contributed by atoms with E-state index in [0.29, 0.717) is 0 Å². The molecule has 2 rings (SSSR count). The van der Waals surface area contributed by atoms with Crippen molar-refractivity contribution in [2.75, 3.05) is 19.8 Å². The monoisotopic (exact) mass is 261 g/mol. The van der Waals surface area contributed by atoms with Crippen molar-refractivity contribution in [1.82, 2.24) is 4.90 Å². The van der Waals surface area contributed by atoms with Gasteiger partial charge in [0.05, 0.1) is 13.2 Å². The van der Waals surface area contributed by atoms with Crippen molar-refractivity contribution < 1.29 is 4.74 Å². The zero-order valence-corrected chi connectivity index (χ0v) is 12.0. The minimum Gasteiger partial charge on any atom is -0.384 e. The summed E-state index contributed by atoms with van der Waals surface area (Å²) in [6.45, 7) is 9.96. The third kappa shape index (κ3) is 3.14. The number of hydrogen-bond acceptors (Lipinski definition) is 3. The lowest BCUT2D eigenvalue weighted by atomic mass is 9.99. The van der Waals surface area contributed by atoms with Gasteiger partial charge in [-0.15, -0.1) is 0 Å². The number of nitrogens with one attached hydrogen (secondary N) is 1. The summed E-state index contributed by atoms with van der Waals surface area (Å²) in [6, 6.07) is 6.00. The number of amidine groups is 1. The van der Waals surface area contributed by atoms with Crippen molar-refractivity contribution in [2.24, 2.45) is 5.73 Å². The average Bonchev–Trinajstić information content (AvgIpc) is 2.33. The highest BCUT2D eigenvalue weighted by Crippen LogP contribution is 2.23. The summed E-state index contributed by atoms with van der Waals surface area (Å²) in [6.07, 6.45) is 0. The van der Waals surface area contributed by atoms with E-state index in [2.05, 4.69) is 31.7 Å². The molecule has 1 fully saturated rings. The van der Waals surface area contributed by atoms with E-state index < -0.39 is 0 Å². The van der Waals surface area contributed by atoms with Gasteiger partial charge in [-0.1, -0.05) is 12.1 Å². The highest BCUT2D eigenvalue weighted by Gasteiger charge is 2.30. The van der Waals surface area contributed by atoms with Crippen LogP contribution in [0.25, 0.3) is 0 Å². The zero-order valence-electron chi connectivity index (χ0n) is 12.0. The maximum Gasteiger partial charge on any atom is 0.122 e. The van der Waals surface area contributed by atoms with Crippen molar-refractivity contribution in [3.05, 3.63) is 34.9 Å². The van der Waals surface area contributed by atoms with Gasteiger partial charge in [0, 0.05) is 24.2 Å². The Kier molecular flexibility index (Phi) is 3.92. The van der Waals surface area contributed by atoms with Crippen LogP contribution in [0.4, 0.5) is 0 Å². The summed E-state index contributed by atoms with van der Waals surface area (Å²) in [5.74, 6) is 0.126. The number of benzene rings is 1. The third-order valence-electron chi connectivity index (χ3n) is 3.83. The van der Waals surface area contributed by atoms with Gasteiger partial charge in [-0.05, 0) is 38.0 Å². The minimum atomic E-state index is 0.0734. The Bertz CT molecular complexity index is 482. The predicted octanol–water partition coefficient (Wildman–Crippen LogP) is 1.89. The van der Waals surface area contributed by atoms with Crippen LogP contribution < -0.4 is 5.73 Å². The Hall–Kier alpha value is -1.39. The fourth-order valence-electron chi connectivity index (χ4n) is 2.43. The normalized spacial score (nSPS) is 19.3. The lowest BCUT2D eigenvalue weighted by molar-refractivity contribution is -0.0553. The predicted molar refractivity (Wildman–Crippen MR) is 77.5 cm³/mol. The van der Waals surface area contributed by atoms with Crippen molar-refractivity contribution >= 4 is 5.84 Å². The Morgan fingerprint density at radius 3 is 2.79 bits per heavy atom. The molecular weight excluding hydrogens is 238 g/mol. The molecule has 0 spiro atoms. The van der Waals surface area contributed by atoms with Crippen LogP contribution in [0.15, 0.2) is 18.2 Å². The number of ether oxygens (including phenoxy) is 1. The SMILES string of the molecule is Cc1cc(C(=N)N)ccc1CN1CCOCC1(C)C. The Morgan fingerprint density at radius 2 is 2.21 bits per heavy atom. The smallest absolute Gasteiger partial charge is 0.122 e. The number of nitrogens with zero attached hydrogens (tertiary/aromatic N) is 1. The lowest BCUT2D eigenvalue weighted by Gasteiger charge is -2.42. The van der Waals surface area contributed by atoms with Gasteiger partial charge in [0.15, 0.2) is 0 Å². The number of nitrogen functional groups attached to an aromatic ring is 1. The molecular formula is C15H23N3O. The molecule has 0 aliphatic carbocycles. The molecule has 1 aromatic carbocycles. The van der Waals surface area contributed by atoms with E-state index in [0.717, 1.165) is 31.9 Å². The summed E-state index contributed by atoms with van der Waals surface area (Å²) in [5.41, 5.74) is 8.87. The van der Waals surface area contributed by atoms with E-state index in [1.165, 1.54) is 11.1 Å². The first-order chi connectivity index (χ1) is 8.90. The van der Waals surface area contributed by atoms with Crippen LogP contribution in [0.1, 0.15) is 30.5 Å². The van der Waals surface area contributed by atoms with Gasteiger partial charge in [0.2, 0.25) is 0 Å². The molecule has 1 heterocycles. The number of nitrogens with two attached hydrogens (primary N) is 1. The van der Waals surface area contributed by atoms with Crippen LogP contribution in [0.2, 0.25) is 0 Å². The van der Waals surface area contributed by atoms with Crippen molar-refractivity contribution in [3.8, 4) is 0 Å². The summed E-state index contributed by atoms with van der Waals surface area (Å²) < 4.78 is 5.55. The van der Waals surface area contributed by atoms with Gasteiger partial charge < -0.3 is 10.5 Å². The van der Waals surface area contributed by atoms with E-state index in [-0.39, 0.29) is 11.4 Å². The molecule has 1 saturated heterocycles. The van der Waals surface area contributed by atoms with E-state index in [1.807, 2.05) is 12.1 Å². The van der Waals surface area contributed by atoms with Gasteiger partial charge in [0.25, 0.3) is 0 Å². The zero-order chi connectivity index (χ0) is 14.0. The summed E-state index contributed by atoms with van der Waals surface area (Å²) in [7, 11) is 0. The summed E-state index contributed by atoms with van der Waals surface area (Å²) >= 11 is 0. The van der Waals surface area contributed by atoms with Crippen LogP contribution in [0.3, 0.4) is 0 Å². The molecule has 4 heteroatoms. The van der Waals surface area contributed by atoms with Gasteiger partial charge in [-0.3, -0.25) is 10.3 Å². The molecule has 0 atom stereocenters. The number of hydrogen-bond donors (Lipinski definition) is 2.